The van der Waals surface area contributed by atoms with E-state index in [0.29, 0.717) is 12.3 Å². The van der Waals surface area contributed by atoms with Gasteiger partial charge >= 0.3 is 12.1 Å². The quantitative estimate of drug-likeness (QED) is 0.718. The molecule has 0 bridgehead atoms. The third-order valence-electron chi connectivity index (χ3n) is 1.42. The third-order valence-corrected chi connectivity index (χ3v) is 1.42. The molecular formula is C6H3F5N2O. The number of halogens is 5. The maximum atomic E-state index is 12.6. The van der Waals surface area contributed by atoms with Crippen molar-refractivity contribution in [2.24, 2.45) is 0 Å². The lowest BCUT2D eigenvalue weighted by Crippen LogP contribution is -2.38. The Kier molecular flexibility index (Phi) is 2.30. The molecule has 0 saturated carbocycles. The van der Waals surface area contributed by atoms with Crippen molar-refractivity contribution in [3.63, 3.8) is 0 Å². The molecule has 1 aromatic rings. The number of hydrogen-bond acceptors (Lipinski definition) is 2. The molecule has 14 heavy (non-hydrogen) atoms. The largest absolute Gasteiger partial charge is 0.458 e. The van der Waals surface area contributed by atoms with E-state index in [-0.39, 0.29) is 0 Å². The summed E-state index contributed by atoms with van der Waals surface area (Å²) in [6.45, 7) is 0. The smallest absolute Gasteiger partial charge is 0.267 e. The first-order valence-electron chi connectivity index (χ1n) is 3.25. The van der Waals surface area contributed by atoms with E-state index in [4.69, 9.17) is 0 Å². The molecular weight excluding hydrogens is 211 g/mol. The van der Waals surface area contributed by atoms with Gasteiger partial charge in [-0.3, -0.25) is 4.79 Å². The van der Waals surface area contributed by atoms with Gasteiger partial charge in [-0.25, -0.2) is 5.10 Å². The molecule has 78 valence electrons. The monoisotopic (exact) mass is 214 g/mol. The van der Waals surface area contributed by atoms with Crippen molar-refractivity contribution in [1.29, 1.82) is 0 Å². The minimum atomic E-state index is -5.79. The van der Waals surface area contributed by atoms with Gasteiger partial charge in [0, 0.05) is 6.20 Å². The summed E-state index contributed by atoms with van der Waals surface area (Å²) in [6, 6.07) is 0.326. The second-order valence-electron chi connectivity index (χ2n) is 2.37. The summed E-state index contributed by atoms with van der Waals surface area (Å²) < 4.78 is 60.4. The number of H-pyrrole nitrogens is 1. The minimum Gasteiger partial charge on any atom is -0.267 e. The van der Waals surface area contributed by atoms with Crippen molar-refractivity contribution in [2.75, 3.05) is 0 Å². The molecule has 0 fully saturated rings. The fourth-order valence-corrected chi connectivity index (χ4v) is 0.744. The van der Waals surface area contributed by atoms with E-state index in [1.165, 1.54) is 5.10 Å². The van der Waals surface area contributed by atoms with Crippen LogP contribution >= 0.6 is 0 Å². The fraction of sp³-hybridized carbons (Fsp3) is 0.333. The van der Waals surface area contributed by atoms with Gasteiger partial charge in [0.2, 0.25) is 0 Å². The predicted octanol–water partition coefficient (Wildman–Crippen LogP) is 1.42. The first-order chi connectivity index (χ1) is 6.27. The van der Waals surface area contributed by atoms with Crippen LogP contribution in [-0.2, 0) is 5.92 Å². The van der Waals surface area contributed by atoms with Gasteiger partial charge in [0.05, 0.1) is 5.56 Å². The van der Waals surface area contributed by atoms with Crippen molar-refractivity contribution in [1.82, 2.24) is 10.2 Å². The fourth-order valence-electron chi connectivity index (χ4n) is 0.744. The molecule has 0 radical (unpaired) electrons. The number of hydrogen-bond donors (Lipinski definition) is 1. The lowest BCUT2D eigenvalue weighted by atomic mass is 10.1. The number of rotatable bonds is 1. The van der Waals surface area contributed by atoms with Gasteiger partial charge in [-0.15, -0.1) is 0 Å². The molecule has 0 aliphatic rings. The second-order valence-corrected chi connectivity index (χ2v) is 2.37. The van der Waals surface area contributed by atoms with E-state index in [2.05, 4.69) is 5.10 Å². The number of nitrogens with zero attached hydrogens (tertiary/aromatic N) is 1. The van der Waals surface area contributed by atoms with Crippen LogP contribution in [0.4, 0.5) is 22.0 Å². The SMILES string of the molecule is O=c1[nH]nccc1C(F)(F)C(F)(F)F. The van der Waals surface area contributed by atoms with Crippen LogP contribution < -0.4 is 5.56 Å². The van der Waals surface area contributed by atoms with Crippen LogP contribution in [-0.4, -0.2) is 16.4 Å². The molecule has 0 amide bonds. The Morgan fingerprint density at radius 3 is 2.21 bits per heavy atom. The Morgan fingerprint density at radius 1 is 1.21 bits per heavy atom. The van der Waals surface area contributed by atoms with Crippen LogP contribution in [0.3, 0.4) is 0 Å². The maximum absolute atomic E-state index is 12.6. The van der Waals surface area contributed by atoms with E-state index < -0.39 is 23.2 Å². The average Bonchev–Trinajstić information content (AvgIpc) is 2.02. The summed E-state index contributed by atoms with van der Waals surface area (Å²) in [6.07, 6.45) is -5.14. The summed E-state index contributed by atoms with van der Waals surface area (Å²) in [5.74, 6) is -5.16. The zero-order valence-electron chi connectivity index (χ0n) is 6.40. The zero-order valence-corrected chi connectivity index (χ0v) is 6.40. The van der Waals surface area contributed by atoms with Crippen LogP contribution in [0, 0.1) is 0 Å². The van der Waals surface area contributed by atoms with Gasteiger partial charge in [0.1, 0.15) is 0 Å². The molecule has 0 aliphatic heterocycles. The predicted molar refractivity (Wildman–Crippen MR) is 34.8 cm³/mol. The maximum Gasteiger partial charge on any atom is 0.458 e. The van der Waals surface area contributed by atoms with Gasteiger partial charge in [-0.2, -0.15) is 27.1 Å². The van der Waals surface area contributed by atoms with E-state index in [1.54, 1.807) is 0 Å². The van der Waals surface area contributed by atoms with Crippen molar-refractivity contribution < 1.29 is 22.0 Å². The first kappa shape index (κ1) is 10.6. The minimum absolute atomic E-state index is 0.326. The molecule has 0 saturated heterocycles. The van der Waals surface area contributed by atoms with E-state index in [1.807, 2.05) is 0 Å². The van der Waals surface area contributed by atoms with Crippen LogP contribution in [0.2, 0.25) is 0 Å². The highest BCUT2D eigenvalue weighted by Crippen LogP contribution is 2.42. The van der Waals surface area contributed by atoms with Crippen molar-refractivity contribution in [3.05, 3.63) is 28.2 Å². The van der Waals surface area contributed by atoms with Gasteiger partial charge in [0.25, 0.3) is 5.56 Å². The zero-order chi connectivity index (χ0) is 11.0. The lowest BCUT2D eigenvalue weighted by Gasteiger charge is -2.18. The summed E-state index contributed by atoms with van der Waals surface area (Å²) >= 11 is 0. The lowest BCUT2D eigenvalue weighted by molar-refractivity contribution is -0.289. The van der Waals surface area contributed by atoms with Crippen LogP contribution in [0.15, 0.2) is 17.1 Å². The highest BCUT2D eigenvalue weighted by atomic mass is 19.4. The molecule has 0 spiro atoms. The highest BCUT2D eigenvalue weighted by molar-refractivity contribution is 5.15. The van der Waals surface area contributed by atoms with Gasteiger partial charge in [-0.05, 0) is 6.07 Å². The molecule has 0 atom stereocenters. The molecule has 0 unspecified atom stereocenters. The Bertz CT molecular complexity index is 382. The standard InChI is InChI=1S/C6H3F5N2O/c7-5(8,6(9,10)11)3-1-2-12-13-4(3)14/h1-2H,(H,13,14). The number of aromatic amines is 1. The normalized spacial score (nSPS) is 12.9. The molecule has 1 rings (SSSR count). The highest BCUT2D eigenvalue weighted by Gasteiger charge is 2.60. The number of aromatic nitrogens is 2. The third kappa shape index (κ3) is 1.59. The first-order valence-corrected chi connectivity index (χ1v) is 3.25. The number of alkyl halides is 5. The van der Waals surface area contributed by atoms with Gasteiger partial charge in [-0.1, -0.05) is 0 Å². The Morgan fingerprint density at radius 2 is 1.79 bits per heavy atom. The molecule has 0 aromatic carbocycles. The van der Waals surface area contributed by atoms with E-state index in [0.717, 1.165) is 0 Å². The molecule has 8 heteroatoms. The summed E-state index contributed by atoms with van der Waals surface area (Å²) in [4.78, 5) is 10.6. The van der Waals surface area contributed by atoms with Crippen LogP contribution in [0.5, 0.6) is 0 Å². The molecule has 1 heterocycles. The molecule has 1 aromatic heterocycles. The molecule has 1 N–H and O–H groups in total. The second kappa shape index (κ2) is 3.03. The molecule has 3 nitrogen and oxygen atoms in total. The topological polar surface area (TPSA) is 45.8 Å². The van der Waals surface area contributed by atoms with E-state index in [9.17, 15) is 26.7 Å². The van der Waals surface area contributed by atoms with E-state index >= 15 is 0 Å². The van der Waals surface area contributed by atoms with Crippen molar-refractivity contribution in [2.45, 2.75) is 12.1 Å². The van der Waals surface area contributed by atoms with Gasteiger partial charge < -0.3 is 0 Å². The van der Waals surface area contributed by atoms with Crippen LogP contribution in [0.25, 0.3) is 0 Å². The Hall–Kier alpha value is -1.47. The van der Waals surface area contributed by atoms with Crippen LogP contribution in [0.1, 0.15) is 5.56 Å². The Labute approximate surface area is 73.6 Å². The van der Waals surface area contributed by atoms with Crippen molar-refractivity contribution >= 4 is 0 Å². The Balaban J connectivity index is 3.31. The number of nitrogens with one attached hydrogen (secondary N) is 1. The van der Waals surface area contributed by atoms with Gasteiger partial charge in [0.15, 0.2) is 0 Å². The summed E-state index contributed by atoms with van der Waals surface area (Å²) in [5.41, 5.74) is -3.23. The van der Waals surface area contributed by atoms with Crippen molar-refractivity contribution in [3.8, 4) is 0 Å². The summed E-state index contributed by atoms with van der Waals surface area (Å²) in [5, 5.41) is 4.49. The average molecular weight is 214 g/mol. The molecule has 0 aliphatic carbocycles. The summed E-state index contributed by atoms with van der Waals surface area (Å²) in [7, 11) is 0.